The number of nitrogens with one attached hydrogen (secondary N) is 1. The SMILES string of the molecule is CC/C=C\C/C=C\C/C=C\C/C=C\CCCCCCCCCCCCCCCCC(=O)NC(CO)C(O)/C=C/CCCCCCCCCCC. The van der Waals surface area contributed by atoms with E-state index in [0.717, 1.165) is 51.4 Å². The standard InChI is InChI=1S/C46H83NO3/c1-3-5-7-9-11-13-15-16-17-18-19-20-21-22-23-24-25-26-27-28-29-30-32-34-36-38-40-42-46(50)47-44(43-48)45(49)41-39-37-35-33-31-14-12-10-8-6-4-2/h5,7,11,13,16-17,19-20,39,41,44-45,48-49H,3-4,6,8-10,12,14-15,18,21-38,40,42-43H2,1-2H3,(H,47,50)/b7-5-,13-11-,17-16-,20-19-,41-39+. The van der Waals surface area contributed by atoms with Crippen LogP contribution in [0.5, 0.6) is 0 Å². The van der Waals surface area contributed by atoms with Gasteiger partial charge in [0.2, 0.25) is 5.91 Å². The molecule has 0 rings (SSSR count). The number of rotatable bonds is 38. The van der Waals surface area contributed by atoms with Gasteiger partial charge in [-0.3, -0.25) is 4.79 Å². The molecule has 0 saturated carbocycles. The van der Waals surface area contributed by atoms with Crippen LogP contribution in [-0.2, 0) is 4.79 Å². The summed E-state index contributed by atoms with van der Waals surface area (Å²) >= 11 is 0. The predicted octanol–water partition coefficient (Wildman–Crippen LogP) is 13.3. The first-order chi connectivity index (χ1) is 24.7. The second kappa shape index (κ2) is 41.5. The third-order valence-corrected chi connectivity index (χ3v) is 9.51. The van der Waals surface area contributed by atoms with E-state index >= 15 is 0 Å². The van der Waals surface area contributed by atoms with E-state index in [4.69, 9.17) is 0 Å². The molecule has 0 fully saturated rings. The number of amides is 1. The average Bonchev–Trinajstić information content (AvgIpc) is 3.12. The zero-order valence-corrected chi connectivity index (χ0v) is 33.2. The van der Waals surface area contributed by atoms with E-state index in [1.165, 1.54) is 135 Å². The van der Waals surface area contributed by atoms with Crippen LogP contribution in [0.15, 0.2) is 60.8 Å². The maximum absolute atomic E-state index is 12.4. The predicted molar refractivity (Wildman–Crippen MR) is 221 cm³/mol. The number of hydrogen-bond donors (Lipinski definition) is 3. The number of hydrogen-bond acceptors (Lipinski definition) is 3. The van der Waals surface area contributed by atoms with E-state index in [1.54, 1.807) is 6.08 Å². The summed E-state index contributed by atoms with van der Waals surface area (Å²) in [5.41, 5.74) is 0. The summed E-state index contributed by atoms with van der Waals surface area (Å²) in [5.74, 6) is -0.0682. The first-order valence-corrected chi connectivity index (χ1v) is 21.5. The summed E-state index contributed by atoms with van der Waals surface area (Å²) < 4.78 is 0. The van der Waals surface area contributed by atoms with E-state index < -0.39 is 12.1 Å². The van der Waals surface area contributed by atoms with Gasteiger partial charge in [0, 0.05) is 6.42 Å². The third kappa shape index (κ3) is 37.3. The van der Waals surface area contributed by atoms with Crippen molar-refractivity contribution in [3.63, 3.8) is 0 Å². The Hall–Kier alpha value is -1.91. The normalized spacial score (nSPS) is 13.6. The van der Waals surface area contributed by atoms with Gasteiger partial charge in [0.25, 0.3) is 0 Å². The molecule has 2 atom stereocenters. The Morgan fingerprint density at radius 3 is 1.32 bits per heavy atom. The number of carbonyl (C=O) groups is 1. The number of aliphatic hydroxyl groups excluding tert-OH is 2. The molecule has 3 N–H and O–H groups in total. The Morgan fingerprint density at radius 2 is 0.880 bits per heavy atom. The molecule has 2 unspecified atom stereocenters. The molecule has 0 aliphatic carbocycles. The Bertz CT molecular complexity index is 842. The van der Waals surface area contributed by atoms with E-state index in [9.17, 15) is 15.0 Å². The summed E-state index contributed by atoms with van der Waals surface area (Å²) in [6, 6.07) is -0.622. The van der Waals surface area contributed by atoms with Crippen LogP contribution in [0.3, 0.4) is 0 Å². The number of carbonyl (C=O) groups excluding carboxylic acids is 1. The summed E-state index contributed by atoms with van der Waals surface area (Å²) in [4.78, 5) is 12.4. The molecule has 50 heavy (non-hydrogen) atoms. The Balaban J connectivity index is 3.52. The highest BCUT2D eigenvalue weighted by Crippen LogP contribution is 2.15. The molecule has 0 aromatic rings. The van der Waals surface area contributed by atoms with Gasteiger partial charge in [0.1, 0.15) is 0 Å². The third-order valence-electron chi connectivity index (χ3n) is 9.51. The number of allylic oxidation sites excluding steroid dienone is 9. The smallest absolute Gasteiger partial charge is 0.220 e. The fraction of sp³-hybridized carbons (Fsp3) is 0.761. The van der Waals surface area contributed by atoms with Crippen LogP contribution in [0.2, 0.25) is 0 Å². The van der Waals surface area contributed by atoms with Crippen molar-refractivity contribution in [2.24, 2.45) is 0 Å². The summed E-state index contributed by atoms with van der Waals surface area (Å²) in [6.07, 6.45) is 57.6. The second-order valence-electron chi connectivity index (χ2n) is 14.4. The van der Waals surface area contributed by atoms with E-state index in [2.05, 4.69) is 67.8 Å². The molecule has 290 valence electrons. The Labute approximate surface area is 311 Å². The molecule has 0 spiro atoms. The lowest BCUT2D eigenvalue weighted by molar-refractivity contribution is -0.123. The van der Waals surface area contributed by atoms with Gasteiger partial charge >= 0.3 is 0 Å². The minimum atomic E-state index is -0.838. The molecule has 0 bridgehead atoms. The van der Waals surface area contributed by atoms with Crippen molar-refractivity contribution in [2.75, 3.05) is 6.61 Å². The second-order valence-corrected chi connectivity index (χ2v) is 14.4. The number of aliphatic hydroxyl groups is 2. The fourth-order valence-electron chi connectivity index (χ4n) is 6.23. The monoisotopic (exact) mass is 698 g/mol. The fourth-order valence-corrected chi connectivity index (χ4v) is 6.23. The molecule has 0 saturated heterocycles. The van der Waals surface area contributed by atoms with Gasteiger partial charge in [-0.15, -0.1) is 0 Å². The largest absolute Gasteiger partial charge is 0.394 e. The van der Waals surface area contributed by atoms with E-state index in [0.29, 0.717) is 6.42 Å². The van der Waals surface area contributed by atoms with E-state index in [1.807, 2.05) is 6.08 Å². The highest BCUT2D eigenvalue weighted by molar-refractivity contribution is 5.76. The molecule has 0 aliphatic heterocycles. The molecule has 0 aliphatic rings. The molecule has 0 aromatic carbocycles. The lowest BCUT2D eigenvalue weighted by Gasteiger charge is -2.20. The zero-order valence-electron chi connectivity index (χ0n) is 33.2. The van der Waals surface area contributed by atoms with Crippen LogP contribution in [0.4, 0.5) is 0 Å². The van der Waals surface area contributed by atoms with Gasteiger partial charge in [-0.1, -0.05) is 203 Å². The molecule has 0 radical (unpaired) electrons. The Kier molecular flexibility index (Phi) is 39.9. The Morgan fingerprint density at radius 1 is 0.500 bits per heavy atom. The molecular formula is C46H83NO3. The van der Waals surface area contributed by atoms with Crippen molar-refractivity contribution >= 4 is 5.91 Å². The van der Waals surface area contributed by atoms with Crippen LogP contribution in [-0.4, -0.2) is 34.9 Å². The van der Waals surface area contributed by atoms with Gasteiger partial charge in [0.05, 0.1) is 18.8 Å². The zero-order chi connectivity index (χ0) is 36.4. The maximum atomic E-state index is 12.4. The van der Waals surface area contributed by atoms with Crippen molar-refractivity contribution in [2.45, 2.75) is 219 Å². The van der Waals surface area contributed by atoms with Gasteiger partial charge < -0.3 is 15.5 Å². The minimum Gasteiger partial charge on any atom is -0.394 e. The van der Waals surface area contributed by atoms with Gasteiger partial charge in [-0.05, 0) is 57.8 Å². The van der Waals surface area contributed by atoms with Crippen molar-refractivity contribution in [1.82, 2.24) is 5.32 Å². The lowest BCUT2D eigenvalue weighted by atomic mass is 10.0. The first kappa shape index (κ1) is 48.1. The molecule has 4 heteroatoms. The van der Waals surface area contributed by atoms with Crippen LogP contribution in [0.25, 0.3) is 0 Å². The molecule has 4 nitrogen and oxygen atoms in total. The summed E-state index contributed by atoms with van der Waals surface area (Å²) in [6.45, 7) is 4.18. The summed E-state index contributed by atoms with van der Waals surface area (Å²) in [5, 5.41) is 22.9. The van der Waals surface area contributed by atoms with Gasteiger partial charge in [-0.25, -0.2) is 0 Å². The molecular weight excluding hydrogens is 615 g/mol. The highest BCUT2D eigenvalue weighted by Gasteiger charge is 2.17. The quantitative estimate of drug-likeness (QED) is 0.0444. The molecule has 0 aromatic heterocycles. The van der Waals surface area contributed by atoms with Crippen LogP contribution in [0, 0.1) is 0 Å². The van der Waals surface area contributed by atoms with Crippen LogP contribution < -0.4 is 5.32 Å². The van der Waals surface area contributed by atoms with Crippen molar-refractivity contribution < 1.29 is 15.0 Å². The minimum absolute atomic E-state index is 0.0682. The summed E-state index contributed by atoms with van der Waals surface area (Å²) in [7, 11) is 0. The topological polar surface area (TPSA) is 69.6 Å². The van der Waals surface area contributed by atoms with Gasteiger partial charge in [-0.2, -0.15) is 0 Å². The lowest BCUT2D eigenvalue weighted by Crippen LogP contribution is -2.45. The first-order valence-electron chi connectivity index (χ1n) is 21.5. The van der Waals surface area contributed by atoms with Crippen molar-refractivity contribution in [3.05, 3.63) is 60.8 Å². The molecule has 0 heterocycles. The van der Waals surface area contributed by atoms with Crippen LogP contribution in [0.1, 0.15) is 206 Å². The maximum Gasteiger partial charge on any atom is 0.220 e. The molecule has 1 amide bonds. The average molecular weight is 698 g/mol. The van der Waals surface area contributed by atoms with Crippen molar-refractivity contribution in [3.8, 4) is 0 Å². The van der Waals surface area contributed by atoms with Gasteiger partial charge in [0.15, 0.2) is 0 Å². The van der Waals surface area contributed by atoms with Crippen LogP contribution >= 0.6 is 0 Å². The van der Waals surface area contributed by atoms with E-state index in [-0.39, 0.29) is 12.5 Å². The highest BCUT2D eigenvalue weighted by atomic mass is 16.3. The van der Waals surface area contributed by atoms with Crippen molar-refractivity contribution in [1.29, 1.82) is 0 Å². The number of unbranched alkanes of at least 4 members (excludes halogenated alkanes) is 23.